The maximum absolute atomic E-state index is 11.4. The number of nitrogens with zero attached hydrogens (tertiary/aromatic N) is 5. The van der Waals surface area contributed by atoms with Crippen LogP contribution in [0.3, 0.4) is 0 Å². The molecule has 0 spiro atoms. The number of nitro groups is 1. The first-order valence-electron chi connectivity index (χ1n) is 8.22. The highest BCUT2D eigenvalue weighted by Gasteiger charge is 2.27. The zero-order valence-electron chi connectivity index (χ0n) is 14.3. The quantitative estimate of drug-likeness (QED) is 0.577. The molecule has 1 aliphatic rings. The maximum Gasteiger partial charge on any atom is 0.333 e. The van der Waals surface area contributed by atoms with Crippen LogP contribution in [0, 0.1) is 10.1 Å². The smallest absolute Gasteiger partial charge is 0.333 e. The minimum Gasteiger partial charge on any atom is -0.490 e. The number of nitro benzene ring substituents is 1. The van der Waals surface area contributed by atoms with Crippen molar-refractivity contribution in [1.82, 2.24) is 15.0 Å². The molecule has 1 aliphatic heterocycles. The van der Waals surface area contributed by atoms with Crippen LogP contribution in [0.2, 0.25) is 0 Å². The molecule has 1 fully saturated rings. The highest BCUT2D eigenvalue weighted by atomic mass is 16.6. The third-order valence-electron chi connectivity index (χ3n) is 4.27. The Morgan fingerprint density at radius 2 is 2.08 bits per heavy atom. The molecule has 2 heterocycles. The van der Waals surface area contributed by atoms with Gasteiger partial charge in [0.25, 0.3) is 0 Å². The third-order valence-corrected chi connectivity index (χ3v) is 4.27. The van der Waals surface area contributed by atoms with Gasteiger partial charge in [0.15, 0.2) is 11.6 Å². The molecule has 0 amide bonds. The summed E-state index contributed by atoms with van der Waals surface area (Å²) in [5.74, 6) is 1.60. The van der Waals surface area contributed by atoms with Crippen LogP contribution in [-0.4, -0.2) is 53.3 Å². The predicted octanol–water partition coefficient (Wildman–Crippen LogP) is 1.87. The van der Waals surface area contributed by atoms with Crippen LogP contribution in [0.25, 0.3) is 0 Å². The predicted molar refractivity (Wildman–Crippen MR) is 90.8 cm³/mol. The summed E-state index contributed by atoms with van der Waals surface area (Å²) in [6.07, 6.45) is 0.723. The van der Waals surface area contributed by atoms with E-state index in [1.807, 2.05) is 11.8 Å². The minimum atomic E-state index is -0.383. The first-order valence-corrected chi connectivity index (χ1v) is 8.22. The Bertz CT molecular complexity index is 740. The molecule has 0 unspecified atom stereocenters. The summed E-state index contributed by atoms with van der Waals surface area (Å²) in [6.45, 7) is 5.50. The topological polar surface area (TPSA) is 97.8 Å². The van der Waals surface area contributed by atoms with Gasteiger partial charge in [-0.25, -0.2) is 0 Å². The Labute approximate surface area is 145 Å². The maximum atomic E-state index is 11.4. The van der Waals surface area contributed by atoms with E-state index in [0.717, 1.165) is 19.5 Å². The van der Waals surface area contributed by atoms with Crippen molar-refractivity contribution in [1.29, 1.82) is 0 Å². The van der Waals surface area contributed by atoms with Crippen LogP contribution < -0.4 is 9.64 Å². The molecule has 2 aromatic rings. The molecule has 3 rings (SSSR count). The van der Waals surface area contributed by atoms with E-state index in [0.29, 0.717) is 37.0 Å². The Kier molecular flexibility index (Phi) is 5.13. The number of hydrogen-bond acceptors (Lipinski definition) is 8. The lowest BCUT2D eigenvalue weighted by Crippen LogP contribution is -2.46. The van der Waals surface area contributed by atoms with Gasteiger partial charge in [0, 0.05) is 32.6 Å². The molecule has 0 N–H and O–H groups in total. The molecule has 0 radical (unpaired) electrons. The summed E-state index contributed by atoms with van der Waals surface area (Å²) < 4.78 is 10.3. The molecule has 1 aromatic heterocycles. The minimum absolute atomic E-state index is 0.0178. The van der Waals surface area contributed by atoms with Crippen molar-refractivity contribution in [2.45, 2.75) is 19.9 Å². The summed E-state index contributed by atoms with van der Waals surface area (Å²) >= 11 is 0. The zero-order chi connectivity index (χ0) is 17.8. The van der Waals surface area contributed by atoms with Crippen molar-refractivity contribution < 1.29 is 14.2 Å². The number of piperazine rings is 1. The van der Waals surface area contributed by atoms with Gasteiger partial charge >= 0.3 is 5.69 Å². The second-order valence-electron chi connectivity index (χ2n) is 5.81. The van der Waals surface area contributed by atoms with Crippen LogP contribution >= 0.6 is 0 Å². The molecule has 0 aliphatic carbocycles. The Hall–Kier alpha value is -2.68. The van der Waals surface area contributed by atoms with Gasteiger partial charge in [0.1, 0.15) is 5.69 Å². The van der Waals surface area contributed by atoms with E-state index >= 15 is 0 Å². The summed E-state index contributed by atoms with van der Waals surface area (Å²) in [6, 6.07) is 5.15. The highest BCUT2D eigenvalue weighted by molar-refractivity contribution is 5.70. The number of anilines is 1. The fraction of sp³-hybridized carbons (Fsp3) is 0.500. The summed E-state index contributed by atoms with van der Waals surface area (Å²) in [7, 11) is 1.44. The van der Waals surface area contributed by atoms with Crippen LogP contribution in [-0.2, 0) is 13.0 Å². The first-order chi connectivity index (χ1) is 12.1. The lowest BCUT2D eigenvalue weighted by atomic mass is 10.2. The lowest BCUT2D eigenvalue weighted by Gasteiger charge is -2.35. The number of hydrogen-bond donors (Lipinski definition) is 0. The van der Waals surface area contributed by atoms with Crippen molar-refractivity contribution >= 4 is 11.4 Å². The molecule has 9 nitrogen and oxygen atoms in total. The molecular weight excluding hydrogens is 326 g/mol. The number of benzene rings is 1. The van der Waals surface area contributed by atoms with E-state index in [-0.39, 0.29) is 16.4 Å². The van der Waals surface area contributed by atoms with Gasteiger partial charge in [-0.05, 0) is 12.1 Å². The van der Waals surface area contributed by atoms with E-state index in [2.05, 4.69) is 15.0 Å². The largest absolute Gasteiger partial charge is 0.490 e. The second kappa shape index (κ2) is 7.47. The molecule has 1 aromatic carbocycles. The van der Waals surface area contributed by atoms with Crippen molar-refractivity contribution in [2.24, 2.45) is 0 Å². The average molecular weight is 347 g/mol. The number of aryl methyl sites for hydroxylation is 1. The number of rotatable bonds is 6. The van der Waals surface area contributed by atoms with Crippen LogP contribution in [0.15, 0.2) is 22.7 Å². The number of methoxy groups -OCH3 is 1. The Morgan fingerprint density at radius 3 is 2.68 bits per heavy atom. The van der Waals surface area contributed by atoms with Crippen LogP contribution in [0.1, 0.15) is 18.6 Å². The van der Waals surface area contributed by atoms with Crippen molar-refractivity contribution in [3.8, 4) is 5.75 Å². The molecule has 25 heavy (non-hydrogen) atoms. The number of aromatic nitrogens is 2. The van der Waals surface area contributed by atoms with E-state index in [4.69, 9.17) is 9.26 Å². The fourth-order valence-corrected chi connectivity index (χ4v) is 2.96. The fourth-order valence-electron chi connectivity index (χ4n) is 2.96. The van der Waals surface area contributed by atoms with Crippen molar-refractivity contribution in [3.63, 3.8) is 0 Å². The zero-order valence-corrected chi connectivity index (χ0v) is 14.3. The number of para-hydroxylation sites is 1. The summed E-state index contributed by atoms with van der Waals surface area (Å²) in [4.78, 5) is 19.6. The standard InChI is InChI=1S/C16H21N5O4/c1-3-15-17-14(18-25-15)11-19-7-9-20(10-8-19)12-5-4-6-13(24-2)16(12)21(22)23/h4-6H,3,7-11H2,1-2H3. The molecule has 0 saturated carbocycles. The second-order valence-corrected chi connectivity index (χ2v) is 5.81. The molecule has 9 heteroatoms. The van der Waals surface area contributed by atoms with Crippen molar-refractivity contribution in [3.05, 3.63) is 40.0 Å². The Balaban J connectivity index is 1.67. The Morgan fingerprint density at radius 1 is 1.32 bits per heavy atom. The van der Waals surface area contributed by atoms with Gasteiger partial charge in [-0.1, -0.05) is 18.1 Å². The third kappa shape index (κ3) is 3.71. The monoisotopic (exact) mass is 347 g/mol. The number of ether oxygens (including phenoxy) is 1. The first kappa shape index (κ1) is 17.2. The SMILES string of the molecule is CCc1nc(CN2CCN(c3cccc(OC)c3[N+](=O)[O-])CC2)no1. The van der Waals surface area contributed by atoms with E-state index in [1.54, 1.807) is 18.2 Å². The lowest BCUT2D eigenvalue weighted by molar-refractivity contribution is -0.385. The highest BCUT2D eigenvalue weighted by Crippen LogP contribution is 2.37. The average Bonchev–Trinajstić information content (AvgIpc) is 3.09. The van der Waals surface area contributed by atoms with Gasteiger partial charge in [-0.2, -0.15) is 4.98 Å². The van der Waals surface area contributed by atoms with Gasteiger partial charge < -0.3 is 14.2 Å². The summed E-state index contributed by atoms with van der Waals surface area (Å²) in [5.41, 5.74) is 0.612. The summed E-state index contributed by atoms with van der Waals surface area (Å²) in [5, 5.41) is 15.4. The van der Waals surface area contributed by atoms with Crippen LogP contribution in [0.5, 0.6) is 5.75 Å². The normalized spacial score (nSPS) is 15.4. The van der Waals surface area contributed by atoms with Gasteiger partial charge in [-0.15, -0.1) is 0 Å². The molecule has 134 valence electrons. The van der Waals surface area contributed by atoms with E-state index in [1.165, 1.54) is 7.11 Å². The van der Waals surface area contributed by atoms with Gasteiger partial charge in [0.2, 0.25) is 5.89 Å². The molecular formula is C16H21N5O4. The van der Waals surface area contributed by atoms with Gasteiger partial charge in [0.05, 0.1) is 18.6 Å². The van der Waals surface area contributed by atoms with E-state index < -0.39 is 0 Å². The molecule has 0 bridgehead atoms. The van der Waals surface area contributed by atoms with Crippen LogP contribution in [0.4, 0.5) is 11.4 Å². The molecule has 0 atom stereocenters. The van der Waals surface area contributed by atoms with E-state index in [9.17, 15) is 10.1 Å². The van der Waals surface area contributed by atoms with Crippen molar-refractivity contribution in [2.75, 3.05) is 38.2 Å². The molecule has 1 saturated heterocycles. The van der Waals surface area contributed by atoms with Gasteiger partial charge in [-0.3, -0.25) is 15.0 Å².